The summed E-state index contributed by atoms with van der Waals surface area (Å²) < 4.78 is 0. The van der Waals surface area contributed by atoms with Crippen LogP contribution in [-0.2, 0) is 0 Å². The molecule has 0 amide bonds. The van der Waals surface area contributed by atoms with E-state index in [9.17, 15) is 0 Å². The van der Waals surface area contributed by atoms with E-state index in [0.717, 1.165) is 0 Å². The molecule has 0 spiro atoms. The summed E-state index contributed by atoms with van der Waals surface area (Å²) in [5, 5.41) is 0. The van der Waals surface area contributed by atoms with Crippen LogP contribution in [0.1, 0.15) is 71.6 Å². The second-order valence-corrected chi connectivity index (χ2v) is 7.36. The zero-order valence-corrected chi connectivity index (χ0v) is 12.5. The van der Waals surface area contributed by atoms with Crippen LogP contribution in [0.3, 0.4) is 0 Å². The van der Waals surface area contributed by atoms with Crippen molar-refractivity contribution in [3.8, 4) is 0 Å². The highest BCUT2D eigenvalue weighted by Gasteiger charge is 1.92. The first-order valence-electron chi connectivity index (χ1n) is 6.75. The van der Waals surface area contributed by atoms with Crippen LogP contribution in [0.5, 0.6) is 0 Å². The third kappa shape index (κ3) is 14.9. The molecule has 0 N–H and O–H groups in total. The molecule has 90 valence electrons. The van der Waals surface area contributed by atoms with Crippen LogP contribution in [-0.4, -0.2) is 12.3 Å². The molecule has 0 aromatic rings. The van der Waals surface area contributed by atoms with Gasteiger partial charge in [-0.05, 0) is 35.3 Å². The van der Waals surface area contributed by atoms with Gasteiger partial charge < -0.3 is 0 Å². The van der Waals surface area contributed by atoms with Crippen LogP contribution < -0.4 is 0 Å². The smallest absolute Gasteiger partial charge is 0.0242 e. The second-order valence-electron chi connectivity index (χ2n) is 4.20. The Balaban J connectivity index is 2.81. The van der Waals surface area contributed by atoms with E-state index in [1.54, 1.807) is 16.5 Å². The third-order valence-corrected chi connectivity index (χ3v) is 5.70. The molecule has 0 nitrogen and oxygen atoms in total. The number of hydrogen-bond acceptors (Lipinski definition) is 0. The van der Waals surface area contributed by atoms with E-state index in [-0.39, 0.29) is 0 Å². The summed E-state index contributed by atoms with van der Waals surface area (Å²) in [6.45, 7) is 4.56. The Hall–Kier alpha value is 0.860. The largest absolute Gasteiger partial charge is 0.0654 e. The average molecular weight is 246 g/mol. The molecule has 0 aliphatic carbocycles. The second kappa shape index (κ2) is 14.9. The Morgan fingerprint density at radius 3 is 1.67 bits per heavy atom. The van der Waals surface area contributed by atoms with Gasteiger partial charge >= 0.3 is 0 Å². The summed E-state index contributed by atoms with van der Waals surface area (Å²) in [5.74, 6) is 0. The van der Waals surface area contributed by atoms with Gasteiger partial charge in [0, 0.05) is 0 Å². The zero-order valence-electron chi connectivity index (χ0n) is 10.7. The molecule has 2 radical (unpaired) electrons. The van der Waals surface area contributed by atoms with Gasteiger partial charge in [-0.1, -0.05) is 65.2 Å². The number of hydrogen-bond donors (Lipinski definition) is 0. The predicted octanol–water partition coefficient (Wildman–Crippen LogP) is 6.34. The Morgan fingerprint density at radius 1 is 0.533 bits per heavy atom. The summed E-state index contributed by atoms with van der Waals surface area (Å²) >= 11 is 0. The summed E-state index contributed by atoms with van der Waals surface area (Å²) in [6.07, 6.45) is 15.8. The van der Waals surface area contributed by atoms with Gasteiger partial charge in [0.25, 0.3) is 0 Å². The molecule has 0 saturated carbocycles. The minimum absolute atomic E-state index is 1.35. The number of rotatable bonds is 12. The van der Waals surface area contributed by atoms with Crippen molar-refractivity contribution in [3.05, 3.63) is 0 Å². The van der Waals surface area contributed by atoms with Gasteiger partial charge in [0.2, 0.25) is 0 Å². The highest BCUT2D eigenvalue weighted by molar-refractivity contribution is 8.11. The van der Waals surface area contributed by atoms with E-state index in [2.05, 4.69) is 13.8 Å². The third-order valence-electron chi connectivity index (χ3n) is 2.54. The predicted molar refractivity (Wildman–Crippen MR) is 76.5 cm³/mol. The van der Waals surface area contributed by atoms with E-state index in [1.807, 2.05) is 0 Å². The number of unbranched alkanes of at least 4 members (excludes halogenated alkanes) is 7. The molecule has 2 heteroatoms. The van der Waals surface area contributed by atoms with Gasteiger partial charge in [0.1, 0.15) is 0 Å². The van der Waals surface area contributed by atoms with Crippen LogP contribution in [0, 0.1) is 0 Å². The molecular formula is C13H28P2. The summed E-state index contributed by atoms with van der Waals surface area (Å²) in [7, 11) is 3.33. The molecule has 0 bridgehead atoms. The minimum Gasteiger partial charge on any atom is -0.0654 e. The molecule has 0 atom stereocenters. The zero-order chi connectivity index (χ0) is 11.2. The summed E-state index contributed by atoms with van der Waals surface area (Å²) in [5.41, 5.74) is 0. The molecule has 0 aliphatic heterocycles. The van der Waals surface area contributed by atoms with Gasteiger partial charge in [-0.2, -0.15) is 0 Å². The molecule has 0 aromatic heterocycles. The fourth-order valence-electron chi connectivity index (χ4n) is 1.56. The quantitative estimate of drug-likeness (QED) is 0.278. The lowest BCUT2D eigenvalue weighted by atomic mass is 10.1. The molecule has 0 aliphatic rings. The van der Waals surface area contributed by atoms with E-state index in [0.29, 0.717) is 0 Å². The lowest BCUT2D eigenvalue weighted by Crippen LogP contribution is -1.81. The Bertz CT molecular complexity index is 92.7. The molecule has 0 heterocycles. The highest BCUT2D eigenvalue weighted by atomic mass is 32.0. The highest BCUT2D eigenvalue weighted by Crippen LogP contribution is 2.37. The molecule has 0 fully saturated rings. The van der Waals surface area contributed by atoms with Crippen LogP contribution in [0.25, 0.3) is 0 Å². The van der Waals surface area contributed by atoms with Crippen LogP contribution in [0.4, 0.5) is 0 Å². The van der Waals surface area contributed by atoms with E-state index in [1.165, 1.54) is 70.1 Å². The molecule has 0 rings (SSSR count). The Labute approximate surface area is 101 Å². The van der Waals surface area contributed by atoms with Crippen molar-refractivity contribution in [2.24, 2.45) is 0 Å². The van der Waals surface area contributed by atoms with Crippen molar-refractivity contribution in [1.29, 1.82) is 0 Å². The van der Waals surface area contributed by atoms with Gasteiger partial charge in [-0.15, -0.1) is 0 Å². The topological polar surface area (TPSA) is 0 Å². The van der Waals surface area contributed by atoms with Crippen molar-refractivity contribution in [2.75, 3.05) is 12.3 Å². The molecule has 0 aromatic carbocycles. The van der Waals surface area contributed by atoms with Crippen molar-refractivity contribution in [3.63, 3.8) is 0 Å². The first-order valence-corrected chi connectivity index (χ1v) is 9.61. The standard InChI is InChI=1S/C13H28P2/c1-3-5-6-7-8-9-10-11-13-15-14-12-4-2/h3-13H2,1-2H3. The normalized spacial score (nSPS) is 12.4. The maximum absolute atomic E-state index is 2.29. The van der Waals surface area contributed by atoms with Crippen LogP contribution in [0.15, 0.2) is 0 Å². The maximum Gasteiger partial charge on any atom is -0.0242 e. The van der Waals surface area contributed by atoms with Crippen LogP contribution in [0.2, 0.25) is 0 Å². The lowest BCUT2D eigenvalue weighted by Gasteiger charge is -2.01. The Kier molecular flexibility index (Phi) is 15.7. The molecule has 15 heavy (non-hydrogen) atoms. The minimum atomic E-state index is 1.35. The monoisotopic (exact) mass is 246 g/mol. The van der Waals surface area contributed by atoms with Gasteiger partial charge in [-0.3, -0.25) is 0 Å². The van der Waals surface area contributed by atoms with E-state index >= 15 is 0 Å². The average Bonchev–Trinajstić information content (AvgIpc) is 2.26. The summed E-state index contributed by atoms with van der Waals surface area (Å²) in [6, 6.07) is 0. The fourth-order valence-corrected chi connectivity index (χ4v) is 4.28. The molecule has 0 unspecified atom stereocenters. The lowest BCUT2D eigenvalue weighted by molar-refractivity contribution is 0.586. The van der Waals surface area contributed by atoms with Crippen molar-refractivity contribution >= 4 is 16.5 Å². The van der Waals surface area contributed by atoms with Gasteiger partial charge in [-0.25, -0.2) is 0 Å². The van der Waals surface area contributed by atoms with Gasteiger partial charge in [0.05, 0.1) is 0 Å². The SMILES string of the molecule is CCCCCCCCCC[P][P]CCC. The van der Waals surface area contributed by atoms with Gasteiger partial charge in [0.15, 0.2) is 0 Å². The first-order chi connectivity index (χ1) is 7.41. The van der Waals surface area contributed by atoms with E-state index < -0.39 is 0 Å². The van der Waals surface area contributed by atoms with Crippen molar-refractivity contribution in [1.82, 2.24) is 0 Å². The molecule has 0 saturated heterocycles. The van der Waals surface area contributed by atoms with Crippen molar-refractivity contribution in [2.45, 2.75) is 71.6 Å². The maximum atomic E-state index is 2.29. The molecular weight excluding hydrogens is 218 g/mol. The fraction of sp³-hybridized carbons (Fsp3) is 1.00. The Morgan fingerprint density at radius 2 is 1.07 bits per heavy atom. The summed E-state index contributed by atoms with van der Waals surface area (Å²) in [4.78, 5) is 0. The van der Waals surface area contributed by atoms with E-state index in [4.69, 9.17) is 0 Å². The van der Waals surface area contributed by atoms with Crippen molar-refractivity contribution < 1.29 is 0 Å². The van der Waals surface area contributed by atoms with Crippen LogP contribution >= 0.6 is 16.5 Å². The first kappa shape index (κ1) is 15.9.